The molecule has 25 heavy (non-hydrogen) atoms. The van der Waals surface area contributed by atoms with Gasteiger partial charge >= 0.3 is 5.97 Å². The standard InChI is InChI=1S/C21H23NO3/c1-4-15-12-17(10-11-18(15)16-8-6-5-7-9-16)21(25-3)13-19(22-14-21)20(23)24-2/h4-12,19,22H,1,13-14H2,2-3H3. The Labute approximate surface area is 148 Å². The van der Waals surface area contributed by atoms with Crippen LogP contribution in [0.1, 0.15) is 17.5 Å². The molecule has 0 radical (unpaired) electrons. The van der Waals surface area contributed by atoms with E-state index in [9.17, 15) is 4.79 Å². The fourth-order valence-corrected chi connectivity index (χ4v) is 3.46. The highest BCUT2D eigenvalue weighted by Crippen LogP contribution is 2.37. The number of carbonyl (C=O) groups excluding carboxylic acids is 1. The second-order valence-electron chi connectivity index (χ2n) is 6.23. The van der Waals surface area contributed by atoms with E-state index in [0.717, 1.165) is 22.3 Å². The van der Waals surface area contributed by atoms with Crippen LogP contribution >= 0.6 is 0 Å². The average Bonchev–Trinajstić information content (AvgIpc) is 3.13. The van der Waals surface area contributed by atoms with Crippen LogP contribution in [-0.4, -0.2) is 32.8 Å². The number of esters is 1. The highest BCUT2D eigenvalue weighted by molar-refractivity contribution is 5.77. The number of methoxy groups -OCH3 is 2. The molecule has 0 amide bonds. The molecule has 0 aliphatic carbocycles. The largest absolute Gasteiger partial charge is 0.468 e. The second kappa shape index (κ2) is 7.21. The third-order valence-electron chi connectivity index (χ3n) is 4.93. The maximum absolute atomic E-state index is 11.9. The van der Waals surface area contributed by atoms with Crippen LogP contribution in [-0.2, 0) is 19.9 Å². The molecule has 2 unspecified atom stereocenters. The lowest BCUT2D eigenvalue weighted by molar-refractivity contribution is -0.143. The average molecular weight is 337 g/mol. The summed E-state index contributed by atoms with van der Waals surface area (Å²) in [6.07, 6.45) is 2.40. The van der Waals surface area contributed by atoms with Gasteiger partial charge < -0.3 is 14.8 Å². The summed E-state index contributed by atoms with van der Waals surface area (Å²) in [6, 6.07) is 16.1. The number of carbonyl (C=O) groups is 1. The molecule has 0 bridgehead atoms. The van der Waals surface area contributed by atoms with E-state index in [1.54, 1.807) is 7.11 Å². The van der Waals surface area contributed by atoms with Gasteiger partial charge in [0.15, 0.2) is 0 Å². The van der Waals surface area contributed by atoms with Crippen molar-refractivity contribution >= 4 is 12.0 Å². The Hall–Kier alpha value is -2.43. The Balaban J connectivity index is 1.97. The minimum atomic E-state index is -0.550. The zero-order valence-electron chi connectivity index (χ0n) is 14.6. The van der Waals surface area contributed by atoms with E-state index in [0.29, 0.717) is 13.0 Å². The van der Waals surface area contributed by atoms with Gasteiger partial charge in [0.1, 0.15) is 11.6 Å². The van der Waals surface area contributed by atoms with Gasteiger partial charge in [-0.05, 0) is 28.3 Å². The maximum Gasteiger partial charge on any atom is 0.322 e. The third-order valence-corrected chi connectivity index (χ3v) is 4.93. The lowest BCUT2D eigenvalue weighted by Gasteiger charge is -2.28. The van der Waals surface area contributed by atoms with Crippen LogP contribution < -0.4 is 5.32 Å². The summed E-state index contributed by atoms with van der Waals surface area (Å²) in [5, 5.41) is 3.21. The van der Waals surface area contributed by atoms with Crippen molar-refractivity contribution in [2.75, 3.05) is 20.8 Å². The SMILES string of the molecule is C=Cc1cc(C2(OC)CNC(C(=O)OC)C2)ccc1-c1ccccc1. The number of rotatable bonds is 5. The summed E-state index contributed by atoms with van der Waals surface area (Å²) in [4.78, 5) is 11.9. The lowest BCUT2D eigenvalue weighted by Crippen LogP contribution is -2.31. The van der Waals surface area contributed by atoms with Crippen molar-refractivity contribution in [2.24, 2.45) is 0 Å². The molecule has 1 fully saturated rings. The van der Waals surface area contributed by atoms with E-state index < -0.39 is 5.60 Å². The van der Waals surface area contributed by atoms with Crippen molar-refractivity contribution < 1.29 is 14.3 Å². The third kappa shape index (κ3) is 3.23. The molecule has 2 atom stereocenters. The lowest BCUT2D eigenvalue weighted by atomic mass is 9.87. The first-order chi connectivity index (χ1) is 12.1. The van der Waals surface area contributed by atoms with Gasteiger partial charge in [-0.15, -0.1) is 0 Å². The molecule has 0 aromatic heterocycles. The van der Waals surface area contributed by atoms with Crippen molar-refractivity contribution in [3.05, 3.63) is 66.2 Å². The number of hydrogen-bond acceptors (Lipinski definition) is 4. The van der Waals surface area contributed by atoms with E-state index in [4.69, 9.17) is 9.47 Å². The van der Waals surface area contributed by atoms with E-state index in [1.165, 1.54) is 7.11 Å². The highest BCUT2D eigenvalue weighted by atomic mass is 16.5. The fourth-order valence-electron chi connectivity index (χ4n) is 3.46. The summed E-state index contributed by atoms with van der Waals surface area (Å²) in [5.41, 5.74) is 3.80. The van der Waals surface area contributed by atoms with Crippen molar-refractivity contribution in [3.63, 3.8) is 0 Å². The van der Waals surface area contributed by atoms with Gasteiger partial charge in [-0.2, -0.15) is 0 Å². The van der Waals surface area contributed by atoms with Crippen LogP contribution in [0.25, 0.3) is 17.2 Å². The zero-order valence-corrected chi connectivity index (χ0v) is 14.6. The van der Waals surface area contributed by atoms with Crippen LogP contribution in [0.4, 0.5) is 0 Å². The maximum atomic E-state index is 11.9. The summed E-state index contributed by atoms with van der Waals surface area (Å²) in [5.74, 6) is -0.260. The van der Waals surface area contributed by atoms with Crippen LogP contribution in [0, 0.1) is 0 Å². The molecule has 0 saturated carbocycles. The van der Waals surface area contributed by atoms with Gasteiger partial charge in [-0.1, -0.05) is 55.1 Å². The number of benzene rings is 2. The molecule has 4 nitrogen and oxygen atoms in total. The molecule has 1 heterocycles. The Morgan fingerprint density at radius 3 is 2.64 bits per heavy atom. The van der Waals surface area contributed by atoms with Crippen molar-refractivity contribution in [3.8, 4) is 11.1 Å². The second-order valence-corrected chi connectivity index (χ2v) is 6.23. The summed E-state index contributed by atoms with van der Waals surface area (Å²) < 4.78 is 10.7. The normalized spacial score (nSPS) is 22.6. The van der Waals surface area contributed by atoms with Gasteiger partial charge in [-0.25, -0.2) is 0 Å². The van der Waals surface area contributed by atoms with Crippen molar-refractivity contribution in [1.29, 1.82) is 0 Å². The first kappa shape index (κ1) is 17.4. The van der Waals surface area contributed by atoms with Gasteiger partial charge in [0.25, 0.3) is 0 Å². The quantitative estimate of drug-likeness (QED) is 0.850. The summed E-state index contributed by atoms with van der Waals surface area (Å²) in [6.45, 7) is 4.52. The van der Waals surface area contributed by atoms with Crippen molar-refractivity contribution in [2.45, 2.75) is 18.1 Å². The molecule has 1 saturated heterocycles. The fraction of sp³-hybridized carbons (Fsp3) is 0.286. The summed E-state index contributed by atoms with van der Waals surface area (Å²) in [7, 11) is 3.08. The van der Waals surface area contributed by atoms with E-state index in [-0.39, 0.29) is 12.0 Å². The van der Waals surface area contributed by atoms with Crippen LogP contribution in [0.2, 0.25) is 0 Å². The van der Waals surface area contributed by atoms with Crippen LogP contribution in [0.3, 0.4) is 0 Å². The van der Waals surface area contributed by atoms with Gasteiger partial charge in [0, 0.05) is 20.1 Å². The molecule has 1 aliphatic rings. The molecule has 3 rings (SSSR count). The Bertz CT molecular complexity index is 772. The predicted octanol–water partition coefficient (Wildman–Crippen LogP) is 3.37. The predicted molar refractivity (Wildman–Crippen MR) is 99.1 cm³/mol. The molecule has 4 heteroatoms. The smallest absolute Gasteiger partial charge is 0.322 e. The molecular weight excluding hydrogens is 314 g/mol. The van der Waals surface area contributed by atoms with Crippen LogP contribution in [0.5, 0.6) is 0 Å². The first-order valence-electron chi connectivity index (χ1n) is 8.32. The molecule has 2 aromatic carbocycles. The molecule has 0 spiro atoms. The molecular formula is C21H23NO3. The van der Waals surface area contributed by atoms with Crippen molar-refractivity contribution in [1.82, 2.24) is 5.32 Å². The van der Waals surface area contributed by atoms with E-state index in [1.807, 2.05) is 24.3 Å². The first-order valence-corrected chi connectivity index (χ1v) is 8.32. The molecule has 1 N–H and O–H groups in total. The van der Waals surface area contributed by atoms with E-state index >= 15 is 0 Å². The Morgan fingerprint density at radius 2 is 2.00 bits per heavy atom. The van der Waals surface area contributed by atoms with Gasteiger partial charge in [0.05, 0.1) is 7.11 Å². The summed E-state index contributed by atoms with van der Waals surface area (Å²) >= 11 is 0. The number of hydrogen-bond donors (Lipinski definition) is 1. The topological polar surface area (TPSA) is 47.6 Å². The minimum Gasteiger partial charge on any atom is -0.468 e. The van der Waals surface area contributed by atoms with Crippen LogP contribution in [0.15, 0.2) is 55.1 Å². The molecule has 130 valence electrons. The Morgan fingerprint density at radius 1 is 1.24 bits per heavy atom. The van der Waals surface area contributed by atoms with E-state index in [2.05, 4.69) is 42.2 Å². The highest BCUT2D eigenvalue weighted by Gasteiger charge is 2.44. The molecule has 1 aliphatic heterocycles. The van der Waals surface area contributed by atoms with Gasteiger partial charge in [-0.3, -0.25) is 4.79 Å². The monoisotopic (exact) mass is 337 g/mol. The Kier molecular flexibility index (Phi) is 5.02. The number of nitrogens with one attached hydrogen (secondary N) is 1. The zero-order chi connectivity index (χ0) is 17.9. The number of ether oxygens (including phenoxy) is 2. The molecule has 2 aromatic rings. The minimum absolute atomic E-state index is 0.260. The van der Waals surface area contributed by atoms with Gasteiger partial charge in [0.2, 0.25) is 0 Å².